The van der Waals surface area contributed by atoms with Crippen LogP contribution < -0.4 is 5.32 Å². The van der Waals surface area contributed by atoms with Gasteiger partial charge in [0.1, 0.15) is 6.04 Å². The number of benzene rings is 1. The van der Waals surface area contributed by atoms with E-state index in [-0.39, 0.29) is 11.8 Å². The van der Waals surface area contributed by atoms with Gasteiger partial charge in [0.25, 0.3) is 0 Å². The molecule has 0 bridgehead atoms. The number of ketones is 1. The van der Waals surface area contributed by atoms with E-state index in [2.05, 4.69) is 35.6 Å². The molecule has 122 valence electrons. The number of carbonyl (C=O) groups is 1. The maximum atomic E-state index is 11.8. The van der Waals surface area contributed by atoms with Crippen molar-refractivity contribution < 1.29 is 4.79 Å². The number of rotatable bonds is 3. The normalized spacial score (nSPS) is 36.0. The van der Waals surface area contributed by atoms with Crippen LogP contribution in [0.3, 0.4) is 0 Å². The maximum Gasteiger partial charge on any atom is 0.154 e. The quantitative estimate of drug-likeness (QED) is 0.932. The van der Waals surface area contributed by atoms with Crippen LogP contribution in [-0.4, -0.2) is 30.6 Å². The zero-order chi connectivity index (χ0) is 15.8. The number of carbonyl (C=O) groups excluding carboxylic acids is 1. The van der Waals surface area contributed by atoms with Crippen LogP contribution >= 0.6 is 0 Å². The second-order valence-corrected chi connectivity index (χ2v) is 7.57. The second kappa shape index (κ2) is 6.20. The van der Waals surface area contributed by atoms with Gasteiger partial charge in [-0.2, -0.15) is 0 Å². The van der Waals surface area contributed by atoms with Crippen LogP contribution in [0.2, 0.25) is 0 Å². The lowest BCUT2D eigenvalue weighted by atomic mass is 9.62. The number of nitrogens with zero attached hydrogens (tertiary/aromatic N) is 1. The van der Waals surface area contributed by atoms with E-state index in [0.29, 0.717) is 17.8 Å². The molecule has 3 nitrogen and oxygen atoms in total. The minimum absolute atomic E-state index is 0.0652. The fourth-order valence-electron chi connectivity index (χ4n) is 5.05. The van der Waals surface area contributed by atoms with Gasteiger partial charge in [-0.25, -0.2) is 0 Å². The average Bonchev–Trinajstić information content (AvgIpc) is 3.03. The highest BCUT2D eigenvalue weighted by Gasteiger charge is 2.46. The molecule has 1 aromatic rings. The van der Waals surface area contributed by atoms with E-state index >= 15 is 0 Å². The highest BCUT2D eigenvalue weighted by molar-refractivity contribution is 5.93. The van der Waals surface area contributed by atoms with Crippen LogP contribution in [0, 0.1) is 23.7 Å². The number of aliphatic imine (C=N–C) groups is 1. The zero-order valence-corrected chi connectivity index (χ0v) is 13.9. The van der Waals surface area contributed by atoms with Crippen LogP contribution in [0.15, 0.2) is 35.3 Å². The molecule has 1 N–H and O–H groups in total. The molecule has 1 saturated carbocycles. The Morgan fingerprint density at radius 1 is 1.22 bits per heavy atom. The summed E-state index contributed by atoms with van der Waals surface area (Å²) in [6.45, 7) is 3.97. The van der Waals surface area contributed by atoms with Crippen molar-refractivity contribution in [3.05, 3.63) is 35.9 Å². The Bertz CT molecular complexity index is 609. The van der Waals surface area contributed by atoms with Crippen molar-refractivity contribution in [3.8, 4) is 0 Å². The van der Waals surface area contributed by atoms with E-state index < -0.39 is 0 Å². The summed E-state index contributed by atoms with van der Waals surface area (Å²) in [5, 5.41) is 3.60. The first-order chi connectivity index (χ1) is 11.2. The first kappa shape index (κ1) is 15.1. The molecule has 23 heavy (non-hydrogen) atoms. The van der Waals surface area contributed by atoms with Gasteiger partial charge in [0.15, 0.2) is 5.78 Å². The van der Waals surface area contributed by atoms with Gasteiger partial charge < -0.3 is 5.32 Å². The van der Waals surface area contributed by atoms with E-state index in [9.17, 15) is 4.79 Å². The second-order valence-electron chi connectivity index (χ2n) is 7.57. The molecule has 4 rings (SSSR count). The third kappa shape index (κ3) is 2.87. The molecular formula is C20H26N2O. The summed E-state index contributed by atoms with van der Waals surface area (Å²) in [6, 6.07) is 10.8. The zero-order valence-electron chi connectivity index (χ0n) is 13.9. The molecule has 0 spiro atoms. The van der Waals surface area contributed by atoms with E-state index in [1.54, 1.807) is 6.92 Å². The van der Waals surface area contributed by atoms with Gasteiger partial charge in [-0.15, -0.1) is 0 Å². The van der Waals surface area contributed by atoms with Crippen LogP contribution in [0.4, 0.5) is 0 Å². The summed E-state index contributed by atoms with van der Waals surface area (Å²) in [4.78, 5) is 16.6. The van der Waals surface area contributed by atoms with Crippen molar-refractivity contribution in [2.75, 3.05) is 13.1 Å². The van der Waals surface area contributed by atoms with Crippen LogP contribution in [0.25, 0.3) is 0 Å². The van der Waals surface area contributed by atoms with Gasteiger partial charge in [0.05, 0.1) is 0 Å². The minimum atomic E-state index is -0.0652. The summed E-state index contributed by atoms with van der Waals surface area (Å²) in [6.07, 6.45) is 4.35. The van der Waals surface area contributed by atoms with Gasteiger partial charge >= 0.3 is 0 Å². The van der Waals surface area contributed by atoms with Crippen molar-refractivity contribution in [2.45, 2.75) is 38.6 Å². The highest BCUT2D eigenvalue weighted by Crippen LogP contribution is 2.44. The Morgan fingerprint density at radius 2 is 2.04 bits per heavy atom. The Morgan fingerprint density at radius 3 is 2.83 bits per heavy atom. The van der Waals surface area contributed by atoms with Crippen molar-refractivity contribution >= 4 is 11.5 Å². The molecule has 1 saturated heterocycles. The van der Waals surface area contributed by atoms with Crippen molar-refractivity contribution in [1.82, 2.24) is 5.32 Å². The molecule has 2 fully saturated rings. The van der Waals surface area contributed by atoms with Crippen molar-refractivity contribution in [1.29, 1.82) is 0 Å². The number of hydrogen-bond donors (Lipinski definition) is 1. The first-order valence-corrected chi connectivity index (χ1v) is 9.04. The maximum absolute atomic E-state index is 11.8. The van der Waals surface area contributed by atoms with Gasteiger partial charge in [0.2, 0.25) is 0 Å². The molecule has 3 aliphatic rings. The lowest BCUT2D eigenvalue weighted by Crippen LogP contribution is -2.44. The van der Waals surface area contributed by atoms with E-state index in [4.69, 9.17) is 4.99 Å². The number of fused-ring (bicyclic) bond motifs is 2. The number of nitrogens with one attached hydrogen (secondary N) is 1. The lowest BCUT2D eigenvalue weighted by molar-refractivity contribution is -0.118. The summed E-state index contributed by atoms with van der Waals surface area (Å²) >= 11 is 0. The van der Waals surface area contributed by atoms with E-state index in [0.717, 1.165) is 44.7 Å². The van der Waals surface area contributed by atoms with Crippen molar-refractivity contribution in [3.63, 3.8) is 0 Å². The molecular weight excluding hydrogens is 284 g/mol. The molecule has 1 aromatic carbocycles. The molecule has 2 heterocycles. The Hall–Kier alpha value is -1.48. The summed E-state index contributed by atoms with van der Waals surface area (Å²) in [5.41, 5.74) is 2.79. The molecule has 5 unspecified atom stereocenters. The largest absolute Gasteiger partial charge is 0.316 e. The fourth-order valence-corrected chi connectivity index (χ4v) is 5.05. The van der Waals surface area contributed by atoms with Gasteiger partial charge in [-0.3, -0.25) is 9.79 Å². The predicted molar refractivity (Wildman–Crippen MR) is 92.7 cm³/mol. The molecule has 2 aliphatic heterocycles. The number of Topliss-reactive ketones (excluding diaryl/α,β-unsaturated/α-hetero) is 1. The summed E-state index contributed by atoms with van der Waals surface area (Å²) in [7, 11) is 0. The van der Waals surface area contributed by atoms with Crippen LogP contribution in [-0.2, 0) is 11.2 Å². The number of hydrogen-bond acceptors (Lipinski definition) is 3. The minimum Gasteiger partial charge on any atom is -0.316 e. The third-order valence-corrected chi connectivity index (χ3v) is 6.21. The van der Waals surface area contributed by atoms with Gasteiger partial charge in [-0.05, 0) is 69.0 Å². The average molecular weight is 310 g/mol. The Balaban J connectivity index is 1.63. The SMILES string of the molecule is CC(=O)C1CCC2C(=N1)CC1CNCC1C2Cc1ccccc1. The third-order valence-electron chi connectivity index (χ3n) is 6.21. The molecule has 0 amide bonds. The van der Waals surface area contributed by atoms with Crippen LogP contribution in [0.5, 0.6) is 0 Å². The molecule has 1 aliphatic carbocycles. The molecule has 3 heteroatoms. The Labute approximate surface area is 138 Å². The summed E-state index contributed by atoms with van der Waals surface area (Å²) < 4.78 is 0. The topological polar surface area (TPSA) is 41.5 Å². The lowest BCUT2D eigenvalue weighted by Gasteiger charge is -2.43. The molecule has 5 atom stereocenters. The van der Waals surface area contributed by atoms with E-state index in [1.165, 1.54) is 11.3 Å². The fraction of sp³-hybridized carbons (Fsp3) is 0.600. The predicted octanol–water partition coefficient (Wildman–Crippen LogP) is 2.89. The summed E-state index contributed by atoms with van der Waals surface area (Å²) in [5.74, 6) is 2.99. The van der Waals surface area contributed by atoms with Gasteiger partial charge in [-0.1, -0.05) is 30.3 Å². The highest BCUT2D eigenvalue weighted by atomic mass is 16.1. The van der Waals surface area contributed by atoms with Crippen molar-refractivity contribution in [2.24, 2.45) is 28.7 Å². The first-order valence-electron chi connectivity index (χ1n) is 9.04. The van der Waals surface area contributed by atoms with Gasteiger partial charge in [0, 0.05) is 11.6 Å². The monoisotopic (exact) mass is 310 g/mol. The standard InChI is InChI=1S/C20H26N2O/c1-13(23)19-8-7-16-17(9-14-5-3-2-4-6-14)18-12-21-11-15(18)10-20(16)22-19/h2-6,15-19,21H,7-12H2,1H3. The smallest absolute Gasteiger partial charge is 0.154 e. The Kier molecular flexibility index (Phi) is 4.06. The molecule has 0 aromatic heterocycles. The molecule has 0 radical (unpaired) electrons. The van der Waals surface area contributed by atoms with E-state index in [1.807, 2.05) is 0 Å². The van der Waals surface area contributed by atoms with Crippen LogP contribution in [0.1, 0.15) is 31.7 Å².